The van der Waals surface area contributed by atoms with E-state index < -0.39 is 0 Å². The Balaban J connectivity index is 1.67. The summed E-state index contributed by atoms with van der Waals surface area (Å²) in [5, 5.41) is 2.82. The van der Waals surface area contributed by atoms with E-state index in [0.29, 0.717) is 29.7 Å². The standard InChI is InChI=1S/C23H21NO4/c1-27-21-12-11-20(14-19(21)13-17-7-3-2-4-8-17)24-23(26)16-28-22-10-6-5-9-18(22)15-25/h2-12,14-15H,13,16H2,1H3,(H,24,26). The number of benzene rings is 3. The fourth-order valence-corrected chi connectivity index (χ4v) is 2.86. The summed E-state index contributed by atoms with van der Waals surface area (Å²) in [5.41, 5.74) is 3.19. The molecule has 0 atom stereocenters. The van der Waals surface area contributed by atoms with E-state index in [-0.39, 0.29) is 12.5 Å². The molecule has 142 valence electrons. The molecule has 0 radical (unpaired) electrons. The summed E-state index contributed by atoms with van der Waals surface area (Å²) in [6.07, 6.45) is 1.39. The van der Waals surface area contributed by atoms with Gasteiger partial charge in [0.15, 0.2) is 12.9 Å². The molecule has 0 unspecified atom stereocenters. The Labute approximate surface area is 163 Å². The first-order valence-corrected chi connectivity index (χ1v) is 8.87. The van der Waals surface area contributed by atoms with Crippen LogP contribution in [0.5, 0.6) is 11.5 Å². The van der Waals surface area contributed by atoms with Crippen LogP contribution in [0.2, 0.25) is 0 Å². The van der Waals surface area contributed by atoms with E-state index in [9.17, 15) is 9.59 Å². The number of carbonyl (C=O) groups is 2. The Kier molecular flexibility index (Phi) is 6.41. The third-order valence-corrected chi connectivity index (χ3v) is 4.21. The first-order chi connectivity index (χ1) is 13.7. The Morgan fingerprint density at radius 2 is 1.71 bits per heavy atom. The van der Waals surface area contributed by atoms with Gasteiger partial charge in [-0.3, -0.25) is 9.59 Å². The minimum absolute atomic E-state index is 0.190. The van der Waals surface area contributed by atoms with E-state index in [1.54, 1.807) is 37.4 Å². The van der Waals surface area contributed by atoms with Gasteiger partial charge in [-0.1, -0.05) is 42.5 Å². The van der Waals surface area contributed by atoms with E-state index in [1.807, 2.05) is 42.5 Å². The molecule has 0 bridgehead atoms. The Morgan fingerprint density at radius 3 is 2.46 bits per heavy atom. The lowest BCUT2D eigenvalue weighted by molar-refractivity contribution is -0.118. The molecule has 0 aliphatic rings. The number of amides is 1. The third kappa shape index (κ3) is 4.98. The molecule has 1 N–H and O–H groups in total. The van der Waals surface area contributed by atoms with Gasteiger partial charge in [-0.15, -0.1) is 0 Å². The number of anilines is 1. The molecule has 0 aliphatic carbocycles. The number of para-hydroxylation sites is 1. The molecule has 0 saturated heterocycles. The maximum Gasteiger partial charge on any atom is 0.262 e. The van der Waals surface area contributed by atoms with E-state index in [2.05, 4.69) is 5.32 Å². The van der Waals surface area contributed by atoms with Crippen molar-refractivity contribution < 1.29 is 19.1 Å². The highest BCUT2D eigenvalue weighted by Gasteiger charge is 2.10. The predicted octanol–water partition coefficient (Wildman–Crippen LogP) is 4.12. The quantitative estimate of drug-likeness (QED) is 0.602. The fourth-order valence-electron chi connectivity index (χ4n) is 2.86. The van der Waals surface area contributed by atoms with Gasteiger partial charge < -0.3 is 14.8 Å². The highest BCUT2D eigenvalue weighted by atomic mass is 16.5. The Hall–Kier alpha value is -3.60. The van der Waals surface area contributed by atoms with Crippen molar-refractivity contribution in [2.45, 2.75) is 6.42 Å². The second kappa shape index (κ2) is 9.37. The summed E-state index contributed by atoms with van der Waals surface area (Å²) in [5.74, 6) is 0.835. The number of nitrogens with one attached hydrogen (secondary N) is 1. The van der Waals surface area contributed by atoms with Crippen LogP contribution in [-0.2, 0) is 11.2 Å². The zero-order chi connectivity index (χ0) is 19.8. The monoisotopic (exact) mass is 375 g/mol. The number of ether oxygens (including phenoxy) is 2. The third-order valence-electron chi connectivity index (χ3n) is 4.21. The van der Waals surface area contributed by atoms with Crippen LogP contribution in [0.25, 0.3) is 0 Å². The molecular weight excluding hydrogens is 354 g/mol. The smallest absolute Gasteiger partial charge is 0.262 e. The largest absolute Gasteiger partial charge is 0.496 e. The molecule has 28 heavy (non-hydrogen) atoms. The Bertz CT molecular complexity index is 954. The number of aldehydes is 1. The molecule has 3 aromatic rings. The van der Waals surface area contributed by atoms with Gasteiger partial charge in [0.05, 0.1) is 12.7 Å². The van der Waals surface area contributed by atoms with Crippen molar-refractivity contribution >= 4 is 17.9 Å². The molecule has 0 fully saturated rings. The summed E-state index contributed by atoms with van der Waals surface area (Å²) >= 11 is 0. The van der Waals surface area contributed by atoms with Crippen molar-refractivity contribution in [1.29, 1.82) is 0 Å². The van der Waals surface area contributed by atoms with Crippen LogP contribution in [0.15, 0.2) is 72.8 Å². The van der Waals surface area contributed by atoms with Gasteiger partial charge in [0.25, 0.3) is 5.91 Å². The van der Waals surface area contributed by atoms with Crippen LogP contribution in [0.3, 0.4) is 0 Å². The lowest BCUT2D eigenvalue weighted by Gasteiger charge is -2.13. The fraction of sp³-hybridized carbons (Fsp3) is 0.130. The van der Waals surface area contributed by atoms with E-state index in [0.717, 1.165) is 16.9 Å². The first-order valence-electron chi connectivity index (χ1n) is 8.87. The van der Waals surface area contributed by atoms with Crippen LogP contribution >= 0.6 is 0 Å². The maximum atomic E-state index is 12.3. The molecule has 3 rings (SSSR count). The number of hydrogen-bond acceptors (Lipinski definition) is 4. The van der Waals surface area contributed by atoms with Crippen molar-refractivity contribution in [3.05, 3.63) is 89.5 Å². The van der Waals surface area contributed by atoms with Gasteiger partial charge in [0.2, 0.25) is 0 Å². The van der Waals surface area contributed by atoms with E-state index in [4.69, 9.17) is 9.47 Å². The summed E-state index contributed by atoms with van der Waals surface area (Å²) < 4.78 is 10.9. The van der Waals surface area contributed by atoms with Crippen molar-refractivity contribution in [1.82, 2.24) is 0 Å². The van der Waals surface area contributed by atoms with Crippen LogP contribution in [-0.4, -0.2) is 25.9 Å². The predicted molar refractivity (Wildman–Crippen MR) is 108 cm³/mol. The Morgan fingerprint density at radius 1 is 0.964 bits per heavy atom. The normalized spacial score (nSPS) is 10.2. The number of rotatable bonds is 8. The van der Waals surface area contributed by atoms with Gasteiger partial charge >= 0.3 is 0 Å². The molecule has 0 aromatic heterocycles. The molecule has 3 aromatic carbocycles. The van der Waals surface area contributed by atoms with E-state index in [1.165, 1.54) is 0 Å². The van der Waals surface area contributed by atoms with Crippen molar-refractivity contribution in [3.8, 4) is 11.5 Å². The van der Waals surface area contributed by atoms with Gasteiger partial charge in [-0.25, -0.2) is 0 Å². The minimum Gasteiger partial charge on any atom is -0.496 e. The maximum absolute atomic E-state index is 12.3. The van der Waals surface area contributed by atoms with Gasteiger partial charge in [0.1, 0.15) is 11.5 Å². The van der Waals surface area contributed by atoms with Gasteiger partial charge in [-0.05, 0) is 35.9 Å². The summed E-state index contributed by atoms with van der Waals surface area (Å²) in [6.45, 7) is -0.190. The zero-order valence-corrected chi connectivity index (χ0v) is 15.6. The number of carbonyl (C=O) groups excluding carboxylic acids is 2. The first kappa shape index (κ1) is 19.2. The van der Waals surface area contributed by atoms with Crippen molar-refractivity contribution in [2.75, 3.05) is 19.0 Å². The van der Waals surface area contributed by atoms with Gasteiger partial charge in [-0.2, -0.15) is 0 Å². The molecule has 0 saturated carbocycles. The van der Waals surface area contributed by atoms with Gasteiger partial charge in [0, 0.05) is 17.7 Å². The molecule has 0 heterocycles. The second-order valence-corrected chi connectivity index (χ2v) is 6.18. The van der Waals surface area contributed by atoms with Crippen LogP contribution < -0.4 is 14.8 Å². The molecule has 1 amide bonds. The van der Waals surface area contributed by atoms with Crippen molar-refractivity contribution in [2.24, 2.45) is 0 Å². The lowest BCUT2D eigenvalue weighted by atomic mass is 10.0. The molecule has 5 heteroatoms. The summed E-state index contributed by atoms with van der Waals surface area (Å²) in [4.78, 5) is 23.3. The molecule has 5 nitrogen and oxygen atoms in total. The van der Waals surface area contributed by atoms with Crippen LogP contribution in [0.1, 0.15) is 21.5 Å². The van der Waals surface area contributed by atoms with Crippen LogP contribution in [0, 0.1) is 0 Å². The average Bonchev–Trinajstić information content (AvgIpc) is 2.73. The number of hydrogen-bond donors (Lipinski definition) is 1. The number of methoxy groups -OCH3 is 1. The zero-order valence-electron chi connectivity index (χ0n) is 15.6. The summed E-state index contributed by atoms with van der Waals surface area (Å²) in [7, 11) is 1.63. The topological polar surface area (TPSA) is 64.6 Å². The van der Waals surface area contributed by atoms with Crippen molar-refractivity contribution in [3.63, 3.8) is 0 Å². The minimum atomic E-state index is -0.309. The van der Waals surface area contributed by atoms with Crippen LogP contribution in [0.4, 0.5) is 5.69 Å². The molecule has 0 spiro atoms. The highest BCUT2D eigenvalue weighted by molar-refractivity contribution is 5.92. The summed E-state index contributed by atoms with van der Waals surface area (Å²) in [6, 6.07) is 22.3. The average molecular weight is 375 g/mol. The lowest BCUT2D eigenvalue weighted by Crippen LogP contribution is -2.20. The second-order valence-electron chi connectivity index (χ2n) is 6.18. The SMILES string of the molecule is COc1ccc(NC(=O)COc2ccccc2C=O)cc1Cc1ccccc1. The van der Waals surface area contributed by atoms with E-state index >= 15 is 0 Å². The molecular formula is C23H21NO4. The highest BCUT2D eigenvalue weighted by Crippen LogP contribution is 2.25. The molecule has 0 aliphatic heterocycles.